The van der Waals surface area contributed by atoms with Gasteiger partial charge in [0.15, 0.2) is 0 Å². The van der Waals surface area contributed by atoms with Gasteiger partial charge in [0, 0.05) is 22.8 Å². The Balaban J connectivity index is 1.53. The van der Waals surface area contributed by atoms with Crippen molar-refractivity contribution in [1.29, 1.82) is 0 Å². The summed E-state index contributed by atoms with van der Waals surface area (Å²) in [4.78, 5) is 12.1. The first-order valence-electron chi connectivity index (χ1n) is 7.76. The molecule has 2 aromatic heterocycles. The van der Waals surface area contributed by atoms with Crippen LogP contribution in [-0.2, 0) is 17.9 Å². The summed E-state index contributed by atoms with van der Waals surface area (Å²) < 4.78 is 5.60. The van der Waals surface area contributed by atoms with Gasteiger partial charge in [0.2, 0.25) is 5.91 Å². The molecule has 0 saturated carbocycles. The van der Waals surface area contributed by atoms with E-state index in [2.05, 4.69) is 47.4 Å². The number of nitrogens with one attached hydrogen (secondary N) is 1. The molecule has 1 N–H and O–H groups in total. The van der Waals surface area contributed by atoms with Crippen LogP contribution < -0.4 is 5.32 Å². The van der Waals surface area contributed by atoms with Crippen molar-refractivity contribution in [2.24, 2.45) is 0 Å². The van der Waals surface area contributed by atoms with Gasteiger partial charge in [-0.1, -0.05) is 28.1 Å². The van der Waals surface area contributed by atoms with E-state index in [0.717, 1.165) is 20.2 Å². The molecule has 0 bridgehead atoms. The highest BCUT2D eigenvalue weighted by molar-refractivity contribution is 9.10. The molecule has 3 aromatic rings. The summed E-state index contributed by atoms with van der Waals surface area (Å²) in [5, 5.41) is 11.4. The third kappa shape index (κ3) is 4.79. The first-order valence-corrected chi connectivity index (χ1v) is 9.34. The van der Waals surface area contributed by atoms with Crippen LogP contribution in [-0.4, -0.2) is 25.5 Å². The van der Waals surface area contributed by atoms with Gasteiger partial charge in [-0.05, 0) is 40.5 Å². The summed E-state index contributed by atoms with van der Waals surface area (Å²) in [6.07, 6.45) is 5.58. The minimum absolute atomic E-state index is 0.0609. The first-order chi connectivity index (χ1) is 12.0. The van der Waals surface area contributed by atoms with Crippen molar-refractivity contribution in [2.75, 3.05) is 5.32 Å². The Kier molecular flexibility index (Phi) is 5.70. The smallest absolute Gasteiger partial charge is 0.226 e. The Morgan fingerprint density at radius 2 is 1.92 bits per heavy atom. The van der Waals surface area contributed by atoms with Gasteiger partial charge in [-0.15, -0.1) is 0 Å². The highest BCUT2D eigenvalue weighted by Gasteiger charge is 2.08. The highest BCUT2D eigenvalue weighted by atomic mass is 79.9. The molecule has 0 aliphatic carbocycles. The molecule has 8 heteroatoms. The van der Waals surface area contributed by atoms with Crippen molar-refractivity contribution in [3.05, 3.63) is 63.1 Å². The minimum atomic E-state index is -0.0609. The van der Waals surface area contributed by atoms with Crippen molar-refractivity contribution < 1.29 is 4.79 Å². The molecule has 0 saturated heterocycles. The summed E-state index contributed by atoms with van der Waals surface area (Å²) in [6, 6.07) is 8.07. The Morgan fingerprint density at radius 1 is 1.16 bits per heavy atom. The van der Waals surface area contributed by atoms with Crippen LogP contribution in [0.2, 0.25) is 0 Å². The molecule has 0 unspecified atom stereocenters. The maximum absolute atomic E-state index is 12.1. The van der Waals surface area contributed by atoms with E-state index in [-0.39, 0.29) is 5.91 Å². The van der Waals surface area contributed by atoms with E-state index >= 15 is 0 Å². The van der Waals surface area contributed by atoms with Crippen molar-refractivity contribution in [2.45, 2.75) is 26.4 Å². The normalized spacial score (nSPS) is 10.8. The van der Waals surface area contributed by atoms with E-state index in [4.69, 9.17) is 0 Å². The quantitative estimate of drug-likeness (QED) is 0.597. The Morgan fingerprint density at radius 3 is 2.60 bits per heavy atom. The third-order valence-corrected chi connectivity index (χ3v) is 5.08. The molecule has 0 radical (unpaired) electrons. The SMILES string of the molecule is Cc1c(Br)cnn1CCC(=O)Nc1cnn(Cc2ccc(Br)cc2)c1. The van der Waals surface area contributed by atoms with Crippen LogP contribution in [0.5, 0.6) is 0 Å². The minimum Gasteiger partial charge on any atom is -0.323 e. The van der Waals surface area contributed by atoms with Crippen LogP contribution in [0.3, 0.4) is 0 Å². The number of amides is 1. The van der Waals surface area contributed by atoms with Crippen molar-refractivity contribution >= 4 is 43.5 Å². The maximum atomic E-state index is 12.1. The highest BCUT2D eigenvalue weighted by Crippen LogP contribution is 2.15. The zero-order valence-electron chi connectivity index (χ0n) is 13.6. The van der Waals surface area contributed by atoms with Crippen LogP contribution in [0, 0.1) is 6.92 Å². The molecule has 130 valence electrons. The number of carbonyl (C=O) groups excluding carboxylic acids is 1. The lowest BCUT2D eigenvalue weighted by Gasteiger charge is -2.05. The molecule has 3 rings (SSSR count). The van der Waals surface area contributed by atoms with Crippen molar-refractivity contribution in [1.82, 2.24) is 19.6 Å². The molecule has 0 fully saturated rings. The second-order valence-corrected chi connectivity index (χ2v) is 7.42. The number of hydrogen-bond acceptors (Lipinski definition) is 3. The molecule has 0 aliphatic rings. The van der Waals surface area contributed by atoms with E-state index < -0.39 is 0 Å². The number of benzene rings is 1. The fraction of sp³-hybridized carbons (Fsp3) is 0.235. The molecular weight excluding hydrogens is 450 g/mol. The fourth-order valence-corrected chi connectivity index (χ4v) is 2.93. The molecule has 0 spiro atoms. The van der Waals surface area contributed by atoms with Crippen molar-refractivity contribution in [3.63, 3.8) is 0 Å². The number of hydrogen-bond donors (Lipinski definition) is 1. The standard InChI is InChI=1S/C17H17Br2N5O/c1-12-16(19)9-21-24(12)7-6-17(25)22-15-8-20-23(11-15)10-13-2-4-14(18)5-3-13/h2-5,8-9,11H,6-7,10H2,1H3,(H,22,25). The molecule has 25 heavy (non-hydrogen) atoms. The number of anilines is 1. The molecule has 2 heterocycles. The van der Waals surface area contributed by atoms with Crippen LogP contribution in [0.4, 0.5) is 5.69 Å². The molecule has 1 amide bonds. The van der Waals surface area contributed by atoms with E-state index in [0.29, 0.717) is 25.2 Å². The largest absolute Gasteiger partial charge is 0.323 e. The van der Waals surface area contributed by atoms with Gasteiger partial charge >= 0.3 is 0 Å². The van der Waals surface area contributed by atoms with Gasteiger partial charge in [0.05, 0.1) is 35.6 Å². The van der Waals surface area contributed by atoms with Crippen LogP contribution in [0.25, 0.3) is 0 Å². The van der Waals surface area contributed by atoms with E-state index in [1.54, 1.807) is 21.8 Å². The number of rotatable bonds is 6. The monoisotopic (exact) mass is 465 g/mol. The molecular formula is C17H17Br2N5O. The fourth-order valence-electron chi connectivity index (χ4n) is 2.37. The zero-order valence-corrected chi connectivity index (χ0v) is 16.8. The maximum Gasteiger partial charge on any atom is 0.226 e. The molecule has 0 atom stereocenters. The lowest BCUT2D eigenvalue weighted by Crippen LogP contribution is -2.15. The molecule has 1 aromatic carbocycles. The van der Waals surface area contributed by atoms with E-state index in [1.807, 2.05) is 37.4 Å². The second-order valence-electron chi connectivity index (χ2n) is 5.65. The van der Waals surface area contributed by atoms with Gasteiger partial charge in [-0.3, -0.25) is 14.2 Å². The second kappa shape index (κ2) is 7.97. The van der Waals surface area contributed by atoms with E-state index in [9.17, 15) is 4.79 Å². The lowest BCUT2D eigenvalue weighted by molar-refractivity contribution is -0.116. The number of nitrogens with zero attached hydrogens (tertiary/aromatic N) is 4. The number of carbonyl (C=O) groups is 1. The van der Waals surface area contributed by atoms with E-state index in [1.165, 1.54) is 0 Å². The summed E-state index contributed by atoms with van der Waals surface area (Å²) >= 11 is 6.83. The zero-order chi connectivity index (χ0) is 17.8. The number of aryl methyl sites for hydroxylation is 1. The summed E-state index contributed by atoms with van der Waals surface area (Å²) in [5.41, 5.74) is 2.85. The summed E-state index contributed by atoms with van der Waals surface area (Å²) in [6.45, 7) is 3.15. The summed E-state index contributed by atoms with van der Waals surface area (Å²) in [5.74, 6) is -0.0609. The predicted molar refractivity (Wildman–Crippen MR) is 103 cm³/mol. The van der Waals surface area contributed by atoms with Crippen LogP contribution in [0.15, 0.2) is 51.8 Å². The predicted octanol–water partition coefficient (Wildman–Crippen LogP) is 3.99. The lowest BCUT2D eigenvalue weighted by atomic mass is 10.2. The number of halogens is 2. The van der Waals surface area contributed by atoms with Gasteiger partial charge in [0.25, 0.3) is 0 Å². The topological polar surface area (TPSA) is 64.7 Å². The first kappa shape index (κ1) is 17.9. The average molecular weight is 467 g/mol. The molecule has 6 nitrogen and oxygen atoms in total. The van der Waals surface area contributed by atoms with Crippen LogP contribution in [0.1, 0.15) is 17.7 Å². The van der Waals surface area contributed by atoms with Gasteiger partial charge < -0.3 is 5.32 Å². The van der Waals surface area contributed by atoms with Crippen LogP contribution >= 0.6 is 31.9 Å². The van der Waals surface area contributed by atoms with Crippen molar-refractivity contribution in [3.8, 4) is 0 Å². The Bertz CT molecular complexity index is 870. The third-order valence-electron chi connectivity index (χ3n) is 3.77. The summed E-state index contributed by atoms with van der Waals surface area (Å²) in [7, 11) is 0. The molecule has 0 aliphatic heterocycles. The number of aromatic nitrogens is 4. The Hall–Kier alpha value is -1.93. The van der Waals surface area contributed by atoms with Gasteiger partial charge in [-0.2, -0.15) is 10.2 Å². The Labute approximate surface area is 162 Å². The van der Waals surface area contributed by atoms with Gasteiger partial charge in [-0.25, -0.2) is 0 Å². The van der Waals surface area contributed by atoms with Gasteiger partial charge in [0.1, 0.15) is 0 Å². The average Bonchev–Trinajstić information content (AvgIpc) is 3.15.